The second kappa shape index (κ2) is 16.9. The van der Waals surface area contributed by atoms with Crippen LogP contribution in [-0.2, 0) is 10.8 Å². The number of benzene rings is 11. The number of anilines is 6. The van der Waals surface area contributed by atoms with Crippen LogP contribution in [-0.4, -0.2) is 13.4 Å². The maximum Gasteiger partial charge on any atom is 0.256 e. The van der Waals surface area contributed by atoms with Gasteiger partial charge in [-0.1, -0.05) is 155 Å². The van der Waals surface area contributed by atoms with Gasteiger partial charge in [0, 0.05) is 56.1 Å². The molecule has 0 aromatic heterocycles. The van der Waals surface area contributed by atoms with Crippen LogP contribution in [0.1, 0.15) is 61.1 Å². The van der Waals surface area contributed by atoms with E-state index in [-0.39, 0.29) is 13.4 Å². The SMILES string of the molecule is Cc1c2c(c(C)c3c1B1c4ccccc4Oc4c1c(cc1c4C(C)(C)c4cc(Oc5ccccc5)ccc4-1)N3c1ccccc1)N(c1ccccc1)c1cc3c(c4c1B2c1ccccc1O4)C(C)(C)c1cc(Oc2ccccc2)ccc1-3. The first kappa shape index (κ1) is 47.2. The Bertz CT molecular complexity index is 4280. The van der Waals surface area contributed by atoms with Crippen LogP contribution in [0.4, 0.5) is 34.1 Å². The second-order valence-corrected chi connectivity index (χ2v) is 23.9. The molecule has 11 aromatic carbocycles. The largest absolute Gasteiger partial charge is 0.458 e. The van der Waals surface area contributed by atoms with Crippen molar-refractivity contribution in [2.45, 2.75) is 52.4 Å². The fraction of sp³-hybridized carbons (Fsp3) is 0.108. The minimum absolute atomic E-state index is 0.169. The Kier molecular flexibility index (Phi) is 9.75. The summed E-state index contributed by atoms with van der Waals surface area (Å²) in [6, 6.07) is 77.9. The molecule has 0 saturated heterocycles. The Balaban J connectivity index is 0.955. The first-order valence-corrected chi connectivity index (χ1v) is 28.6. The van der Waals surface area contributed by atoms with Crippen LogP contribution in [0.3, 0.4) is 0 Å². The van der Waals surface area contributed by atoms with Gasteiger partial charge in [-0.15, -0.1) is 0 Å². The van der Waals surface area contributed by atoms with Crippen molar-refractivity contribution in [2.24, 2.45) is 0 Å². The predicted octanol–water partition coefficient (Wildman–Crippen LogP) is 15.3. The molecule has 0 N–H and O–H groups in total. The second-order valence-electron chi connectivity index (χ2n) is 23.9. The molecule has 390 valence electrons. The Hall–Kier alpha value is -9.65. The van der Waals surface area contributed by atoms with E-state index < -0.39 is 10.8 Å². The molecule has 0 unspecified atom stereocenters. The first-order valence-electron chi connectivity index (χ1n) is 28.6. The molecule has 8 heteroatoms. The topological polar surface area (TPSA) is 43.4 Å². The number of rotatable bonds is 6. The van der Waals surface area contributed by atoms with Gasteiger partial charge in [-0.25, -0.2) is 0 Å². The third-order valence-corrected chi connectivity index (χ3v) is 18.7. The standard InChI is InChI=1S/C74H54B2N2O4/c1-43-65-69(77(45-23-11-7-12-24-45)59-41-53-51-37-35-49(79-47-27-15-9-16-28-47)39-55(51)73(3,4)63(53)71-67(59)75(65)57-31-19-21-33-61(57)81-71)44(2)70-66(43)76-58-32-20-22-34-62(58)82-72-64-54(42-60(68(72)76)78(70)46-25-13-8-14-26-46)52-38-36-50(40-56(52)74(64,5)6)80-48-29-17-10-18-30-48/h7-42H,1-6H3. The number of para-hydroxylation sites is 6. The van der Waals surface area contributed by atoms with Crippen molar-refractivity contribution < 1.29 is 18.9 Å². The molecular formula is C74H54B2N2O4. The molecule has 0 saturated carbocycles. The average Bonchev–Trinajstić information content (AvgIpc) is 1.84. The Morgan fingerprint density at radius 2 is 0.744 bits per heavy atom. The van der Waals surface area contributed by atoms with Crippen LogP contribution >= 0.6 is 0 Å². The van der Waals surface area contributed by atoms with E-state index in [1.54, 1.807) is 0 Å². The smallest absolute Gasteiger partial charge is 0.256 e. The molecule has 0 spiro atoms. The van der Waals surface area contributed by atoms with Crippen LogP contribution in [0.5, 0.6) is 46.0 Å². The van der Waals surface area contributed by atoms with Gasteiger partial charge in [0.2, 0.25) is 0 Å². The Morgan fingerprint density at radius 3 is 1.16 bits per heavy atom. The zero-order valence-corrected chi connectivity index (χ0v) is 46.5. The highest BCUT2D eigenvalue weighted by molar-refractivity contribution is 7.02. The minimum atomic E-state index is -0.438. The van der Waals surface area contributed by atoms with E-state index in [1.165, 1.54) is 88.9 Å². The lowest BCUT2D eigenvalue weighted by atomic mass is 9.29. The van der Waals surface area contributed by atoms with Crippen LogP contribution in [0.15, 0.2) is 218 Å². The van der Waals surface area contributed by atoms with Crippen molar-refractivity contribution in [3.05, 3.63) is 252 Å². The minimum Gasteiger partial charge on any atom is -0.458 e. The first-order chi connectivity index (χ1) is 40.0. The Labute approximate surface area is 479 Å². The summed E-state index contributed by atoms with van der Waals surface area (Å²) in [5.41, 5.74) is 25.2. The molecule has 6 aliphatic rings. The lowest BCUT2D eigenvalue weighted by Crippen LogP contribution is -2.66. The Morgan fingerprint density at radius 1 is 0.366 bits per heavy atom. The van der Waals surface area contributed by atoms with Gasteiger partial charge < -0.3 is 28.7 Å². The summed E-state index contributed by atoms with van der Waals surface area (Å²) in [6.45, 7) is 13.9. The van der Waals surface area contributed by atoms with Gasteiger partial charge in [-0.2, -0.15) is 0 Å². The van der Waals surface area contributed by atoms with Gasteiger partial charge in [0.15, 0.2) is 0 Å². The quantitative estimate of drug-likeness (QED) is 0.155. The number of fused-ring (bicyclic) bond motifs is 16. The highest BCUT2D eigenvalue weighted by atomic mass is 16.5. The van der Waals surface area contributed by atoms with E-state index in [4.69, 9.17) is 18.9 Å². The summed E-state index contributed by atoms with van der Waals surface area (Å²) in [4.78, 5) is 5.14. The van der Waals surface area contributed by atoms with Crippen molar-refractivity contribution in [1.82, 2.24) is 0 Å². The highest BCUT2D eigenvalue weighted by Crippen LogP contribution is 2.60. The molecule has 4 heterocycles. The maximum absolute atomic E-state index is 7.51. The highest BCUT2D eigenvalue weighted by Gasteiger charge is 2.54. The number of hydrogen-bond donors (Lipinski definition) is 0. The van der Waals surface area contributed by atoms with Gasteiger partial charge in [-0.3, -0.25) is 0 Å². The molecule has 17 rings (SSSR count). The summed E-state index contributed by atoms with van der Waals surface area (Å²) in [7, 11) is 0. The average molecular weight is 1060 g/mol. The zero-order valence-electron chi connectivity index (χ0n) is 46.5. The normalized spacial score (nSPS) is 15.0. The number of nitrogens with zero attached hydrogens (tertiary/aromatic N) is 2. The van der Waals surface area contributed by atoms with E-state index >= 15 is 0 Å². The van der Waals surface area contributed by atoms with Gasteiger partial charge in [0.1, 0.15) is 46.0 Å². The molecule has 0 fully saturated rings. The lowest BCUT2D eigenvalue weighted by Gasteiger charge is -2.47. The van der Waals surface area contributed by atoms with Crippen molar-refractivity contribution in [1.29, 1.82) is 0 Å². The summed E-state index contributed by atoms with van der Waals surface area (Å²) in [5.74, 6) is 6.89. The van der Waals surface area contributed by atoms with Crippen molar-refractivity contribution >= 4 is 80.3 Å². The summed E-state index contributed by atoms with van der Waals surface area (Å²) in [6.07, 6.45) is 0. The third kappa shape index (κ3) is 6.38. The van der Waals surface area contributed by atoms with E-state index in [0.29, 0.717) is 0 Å². The number of ether oxygens (including phenoxy) is 4. The summed E-state index contributed by atoms with van der Waals surface area (Å²) >= 11 is 0. The molecule has 11 aromatic rings. The van der Waals surface area contributed by atoms with Crippen LogP contribution in [0, 0.1) is 13.8 Å². The fourth-order valence-electron chi connectivity index (χ4n) is 15.3. The molecule has 0 bridgehead atoms. The van der Waals surface area contributed by atoms with E-state index in [1.807, 2.05) is 60.7 Å². The third-order valence-electron chi connectivity index (χ3n) is 18.7. The maximum atomic E-state index is 7.51. The molecule has 0 amide bonds. The van der Waals surface area contributed by atoms with E-state index in [2.05, 4.69) is 209 Å². The van der Waals surface area contributed by atoms with Crippen molar-refractivity contribution in [3.8, 4) is 68.2 Å². The van der Waals surface area contributed by atoms with Gasteiger partial charge in [-0.05, 0) is 183 Å². The van der Waals surface area contributed by atoms with Crippen molar-refractivity contribution in [3.63, 3.8) is 0 Å². The van der Waals surface area contributed by atoms with Crippen LogP contribution in [0.2, 0.25) is 0 Å². The number of hydrogen-bond acceptors (Lipinski definition) is 6. The predicted molar refractivity (Wildman–Crippen MR) is 336 cm³/mol. The van der Waals surface area contributed by atoms with E-state index in [0.717, 1.165) is 79.7 Å². The van der Waals surface area contributed by atoms with E-state index in [9.17, 15) is 0 Å². The lowest BCUT2D eigenvalue weighted by molar-refractivity contribution is 0.467. The fourth-order valence-corrected chi connectivity index (χ4v) is 15.3. The molecule has 6 nitrogen and oxygen atoms in total. The van der Waals surface area contributed by atoms with Crippen molar-refractivity contribution in [2.75, 3.05) is 9.80 Å². The zero-order chi connectivity index (χ0) is 54.9. The molecular weight excluding hydrogens is 1000 g/mol. The molecule has 4 aliphatic heterocycles. The van der Waals surface area contributed by atoms with Gasteiger partial charge >= 0.3 is 0 Å². The summed E-state index contributed by atoms with van der Waals surface area (Å²) in [5, 5.41) is 0. The van der Waals surface area contributed by atoms with Crippen LogP contribution < -0.4 is 61.5 Å². The summed E-state index contributed by atoms with van der Waals surface area (Å²) < 4.78 is 28.1. The molecule has 82 heavy (non-hydrogen) atoms. The molecule has 2 aliphatic carbocycles. The van der Waals surface area contributed by atoms with Crippen LogP contribution in [0.25, 0.3) is 22.3 Å². The molecule has 0 atom stereocenters. The monoisotopic (exact) mass is 1060 g/mol. The van der Waals surface area contributed by atoms with Gasteiger partial charge in [0.25, 0.3) is 13.4 Å². The molecule has 0 radical (unpaired) electrons. The van der Waals surface area contributed by atoms with Gasteiger partial charge in [0.05, 0.1) is 0 Å².